The fourth-order valence-corrected chi connectivity index (χ4v) is 0.780. The highest BCUT2D eigenvalue weighted by atomic mass is 16.5. The van der Waals surface area contributed by atoms with E-state index < -0.39 is 5.97 Å². The Morgan fingerprint density at radius 1 is 1.17 bits per heavy atom. The molecule has 0 saturated heterocycles. The predicted octanol–water partition coefficient (Wildman–Crippen LogP) is 3.05. The van der Waals surface area contributed by atoms with Gasteiger partial charge in [-0.3, -0.25) is 9.59 Å². The first-order valence-corrected chi connectivity index (χ1v) is 5.74. The van der Waals surface area contributed by atoms with Crippen molar-refractivity contribution in [1.82, 2.24) is 0 Å². The zero-order valence-electron chi connectivity index (χ0n) is 11.5. The fraction of sp³-hybridized carbons (Fsp3) is 0.429. The standard InChI is InChI=1S/C7H8.C5H10O2.C2H4O2/c1-7-5-3-2-4-6-7;1-3-4-7-5(2)6;1-2(3)4/h2-6H,1H3;3-4H2,1-2H3;1H3,(H,3,4). The molecule has 0 aliphatic heterocycles. The van der Waals surface area contributed by atoms with Crippen LogP contribution in [0, 0.1) is 6.92 Å². The number of esters is 1. The molecule has 0 radical (unpaired) electrons. The number of aryl methyl sites for hydroxylation is 1. The number of carboxylic acid groups (broad SMARTS) is 1. The van der Waals surface area contributed by atoms with Gasteiger partial charge in [0, 0.05) is 13.8 Å². The number of ether oxygens (including phenoxy) is 1. The molecule has 102 valence electrons. The van der Waals surface area contributed by atoms with Crippen LogP contribution in [-0.4, -0.2) is 23.7 Å². The zero-order chi connectivity index (χ0) is 14.4. The first kappa shape index (κ1) is 18.5. The van der Waals surface area contributed by atoms with E-state index in [1.807, 2.05) is 25.1 Å². The van der Waals surface area contributed by atoms with Gasteiger partial charge >= 0.3 is 5.97 Å². The molecule has 1 N–H and O–H groups in total. The Balaban J connectivity index is 0. The van der Waals surface area contributed by atoms with E-state index in [-0.39, 0.29) is 5.97 Å². The smallest absolute Gasteiger partial charge is 0.302 e. The Bertz CT molecular complexity index is 316. The molecule has 0 unspecified atom stereocenters. The Kier molecular flexibility index (Phi) is 13.6. The van der Waals surface area contributed by atoms with Gasteiger partial charge in [-0.05, 0) is 13.3 Å². The summed E-state index contributed by atoms with van der Waals surface area (Å²) in [4.78, 5) is 19.0. The van der Waals surface area contributed by atoms with Gasteiger partial charge in [-0.25, -0.2) is 0 Å². The molecular formula is C14H22O4. The summed E-state index contributed by atoms with van der Waals surface area (Å²) in [5, 5.41) is 7.42. The number of aliphatic carboxylic acids is 1. The highest BCUT2D eigenvalue weighted by Crippen LogP contribution is 1.92. The number of rotatable bonds is 2. The van der Waals surface area contributed by atoms with Crippen molar-refractivity contribution < 1.29 is 19.4 Å². The first-order chi connectivity index (χ1) is 8.40. The van der Waals surface area contributed by atoms with Crippen molar-refractivity contribution >= 4 is 11.9 Å². The van der Waals surface area contributed by atoms with Crippen LogP contribution in [0.3, 0.4) is 0 Å². The van der Waals surface area contributed by atoms with Gasteiger partial charge in [0.15, 0.2) is 0 Å². The van der Waals surface area contributed by atoms with Gasteiger partial charge < -0.3 is 9.84 Å². The average Bonchev–Trinajstić information content (AvgIpc) is 2.27. The molecule has 0 atom stereocenters. The molecule has 0 spiro atoms. The maximum atomic E-state index is 9.98. The third-order valence-electron chi connectivity index (χ3n) is 1.45. The van der Waals surface area contributed by atoms with Gasteiger partial charge in [-0.2, -0.15) is 0 Å². The van der Waals surface area contributed by atoms with E-state index >= 15 is 0 Å². The van der Waals surface area contributed by atoms with E-state index in [2.05, 4.69) is 23.8 Å². The second-order valence-corrected chi connectivity index (χ2v) is 3.51. The second kappa shape index (κ2) is 13.2. The first-order valence-electron chi connectivity index (χ1n) is 5.74. The van der Waals surface area contributed by atoms with Crippen LogP contribution in [0.25, 0.3) is 0 Å². The molecule has 0 fully saturated rings. The summed E-state index contributed by atoms with van der Waals surface area (Å²) in [6.45, 7) is 7.09. The van der Waals surface area contributed by atoms with E-state index in [1.165, 1.54) is 12.5 Å². The largest absolute Gasteiger partial charge is 0.481 e. The molecule has 0 heterocycles. The Morgan fingerprint density at radius 3 is 1.78 bits per heavy atom. The minimum atomic E-state index is -0.833. The molecule has 1 rings (SSSR count). The molecule has 4 heteroatoms. The molecule has 4 nitrogen and oxygen atoms in total. The van der Waals surface area contributed by atoms with Crippen molar-refractivity contribution in [2.24, 2.45) is 0 Å². The van der Waals surface area contributed by atoms with E-state index in [4.69, 9.17) is 9.90 Å². The maximum absolute atomic E-state index is 9.98. The quantitative estimate of drug-likeness (QED) is 0.824. The number of hydrogen-bond donors (Lipinski definition) is 1. The van der Waals surface area contributed by atoms with Crippen molar-refractivity contribution in [3.63, 3.8) is 0 Å². The Hall–Kier alpha value is -1.84. The molecule has 0 saturated carbocycles. The molecule has 1 aromatic rings. The molecule has 0 aliphatic carbocycles. The summed E-state index contributed by atoms with van der Waals surface area (Å²) in [6, 6.07) is 10.3. The summed E-state index contributed by atoms with van der Waals surface area (Å²) in [5.74, 6) is -1.03. The van der Waals surface area contributed by atoms with Crippen LogP contribution < -0.4 is 0 Å². The van der Waals surface area contributed by atoms with Gasteiger partial charge in [-0.15, -0.1) is 0 Å². The number of carboxylic acids is 1. The highest BCUT2D eigenvalue weighted by molar-refractivity contribution is 5.65. The minimum absolute atomic E-state index is 0.193. The van der Waals surface area contributed by atoms with Crippen molar-refractivity contribution in [2.75, 3.05) is 6.61 Å². The zero-order valence-corrected chi connectivity index (χ0v) is 11.5. The van der Waals surface area contributed by atoms with Crippen molar-refractivity contribution in [3.05, 3.63) is 35.9 Å². The van der Waals surface area contributed by atoms with Gasteiger partial charge in [0.25, 0.3) is 5.97 Å². The van der Waals surface area contributed by atoms with Crippen LogP contribution in [0.1, 0.15) is 32.8 Å². The number of carbonyl (C=O) groups excluding carboxylic acids is 1. The van der Waals surface area contributed by atoms with Crippen molar-refractivity contribution in [1.29, 1.82) is 0 Å². The lowest BCUT2D eigenvalue weighted by Gasteiger charge is -1.93. The predicted molar refractivity (Wildman–Crippen MR) is 71.4 cm³/mol. The Morgan fingerprint density at radius 2 is 1.61 bits per heavy atom. The lowest BCUT2D eigenvalue weighted by Crippen LogP contribution is -1.98. The summed E-state index contributed by atoms with van der Waals surface area (Å²) < 4.78 is 4.55. The third-order valence-corrected chi connectivity index (χ3v) is 1.45. The summed E-state index contributed by atoms with van der Waals surface area (Å²) >= 11 is 0. The van der Waals surface area contributed by atoms with Crippen LogP contribution in [0.5, 0.6) is 0 Å². The topological polar surface area (TPSA) is 63.6 Å². The number of benzene rings is 1. The minimum Gasteiger partial charge on any atom is -0.481 e. The number of carbonyl (C=O) groups is 2. The van der Waals surface area contributed by atoms with E-state index in [9.17, 15) is 4.79 Å². The van der Waals surface area contributed by atoms with Gasteiger partial charge in [0.05, 0.1) is 6.61 Å². The van der Waals surface area contributed by atoms with Crippen LogP contribution >= 0.6 is 0 Å². The van der Waals surface area contributed by atoms with Gasteiger partial charge in [0.2, 0.25) is 0 Å². The molecule has 0 aliphatic rings. The number of hydrogen-bond acceptors (Lipinski definition) is 3. The molecule has 0 amide bonds. The second-order valence-electron chi connectivity index (χ2n) is 3.51. The lowest BCUT2D eigenvalue weighted by atomic mass is 10.2. The molecule has 0 aromatic heterocycles. The van der Waals surface area contributed by atoms with Gasteiger partial charge in [-0.1, -0.05) is 42.8 Å². The summed E-state index contributed by atoms with van der Waals surface area (Å²) in [5.41, 5.74) is 1.32. The highest BCUT2D eigenvalue weighted by Gasteiger charge is 1.85. The van der Waals surface area contributed by atoms with Crippen LogP contribution in [0.4, 0.5) is 0 Å². The monoisotopic (exact) mass is 254 g/mol. The molecule has 18 heavy (non-hydrogen) atoms. The van der Waals surface area contributed by atoms with E-state index in [0.29, 0.717) is 6.61 Å². The molecule has 1 aromatic carbocycles. The molecule has 0 bridgehead atoms. The average molecular weight is 254 g/mol. The fourth-order valence-electron chi connectivity index (χ4n) is 0.780. The summed E-state index contributed by atoms with van der Waals surface area (Å²) in [6.07, 6.45) is 0.902. The van der Waals surface area contributed by atoms with E-state index in [0.717, 1.165) is 13.3 Å². The third kappa shape index (κ3) is 23.8. The SMILES string of the molecule is CC(=O)O.CCCOC(C)=O.Cc1ccccc1. The van der Waals surface area contributed by atoms with Crippen LogP contribution in [0.2, 0.25) is 0 Å². The van der Waals surface area contributed by atoms with Crippen molar-refractivity contribution in [3.8, 4) is 0 Å². The maximum Gasteiger partial charge on any atom is 0.302 e. The van der Waals surface area contributed by atoms with Crippen molar-refractivity contribution in [2.45, 2.75) is 34.1 Å². The summed E-state index contributed by atoms with van der Waals surface area (Å²) in [7, 11) is 0. The molecular weight excluding hydrogens is 232 g/mol. The lowest BCUT2D eigenvalue weighted by molar-refractivity contribution is -0.141. The van der Waals surface area contributed by atoms with Gasteiger partial charge in [0.1, 0.15) is 0 Å². The normalized spacial score (nSPS) is 8.00. The van der Waals surface area contributed by atoms with Crippen LogP contribution in [-0.2, 0) is 14.3 Å². The van der Waals surface area contributed by atoms with E-state index in [1.54, 1.807) is 0 Å². The van der Waals surface area contributed by atoms with Crippen LogP contribution in [0.15, 0.2) is 30.3 Å². The Labute approximate surface area is 109 Å².